The first kappa shape index (κ1) is 21.6. The lowest BCUT2D eigenvalue weighted by molar-refractivity contribution is 0.0785. The standard InChI is InChI=1S/C20H26N2O5S/c1-6-22(28(5,24)25)17-10-8-16(9-11-17)20(23)21(2)14-15-7-12-18(26-3)19(13-15)27-4/h7-13H,6,14H2,1-5H3. The topological polar surface area (TPSA) is 76.2 Å². The van der Waals surface area contributed by atoms with Gasteiger partial charge in [-0.2, -0.15) is 0 Å². The highest BCUT2D eigenvalue weighted by molar-refractivity contribution is 7.92. The summed E-state index contributed by atoms with van der Waals surface area (Å²) in [5.74, 6) is 1.07. The molecule has 0 bridgehead atoms. The molecule has 0 saturated heterocycles. The summed E-state index contributed by atoms with van der Waals surface area (Å²) in [5.41, 5.74) is 1.92. The molecule has 7 nitrogen and oxygen atoms in total. The molecule has 0 spiro atoms. The molecule has 0 heterocycles. The SMILES string of the molecule is CCN(c1ccc(C(=O)N(C)Cc2ccc(OC)c(OC)c2)cc1)S(C)(=O)=O. The maximum Gasteiger partial charge on any atom is 0.253 e. The molecule has 28 heavy (non-hydrogen) atoms. The maximum atomic E-state index is 12.7. The Morgan fingerprint density at radius 2 is 1.61 bits per heavy atom. The summed E-state index contributed by atoms with van der Waals surface area (Å²) in [6.07, 6.45) is 1.16. The number of amides is 1. The van der Waals surface area contributed by atoms with Gasteiger partial charge in [0.25, 0.3) is 5.91 Å². The lowest BCUT2D eigenvalue weighted by atomic mass is 10.1. The van der Waals surface area contributed by atoms with Gasteiger partial charge in [-0.05, 0) is 48.9 Å². The molecule has 2 rings (SSSR count). The molecule has 0 N–H and O–H groups in total. The molecular weight excluding hydrogens is 380 g/mol. The average molecular weight is 407 g/mol. The van der Waals surface area contributed by atoms with Crippen LogP contribution in [-0.2, 0) is 16.6 Å². The zero-order valence-electron chi connectivity index (χ0n) is 16.8. The van der Waals surface area contributed by atoms with Gasteiger partial charge >= 0.3 is 0 Å². The number of hydrogen-bond donors (Lipinski definition) is 0. The van der Waals surface area contributed by atoms with Crippen LogP contribution in [0.4, 0.5) is 5.69 Å². The molecular formula is C20H26N2O5S. The highest BCUT2D eigenvalue weighted by Gasteiger charge is 2.17. The van der Waals surface area contributed by atoms with E-state index in [0.717, 1.165) is 11.8 Å². The van der Waals surface area contributed by atoms with Crippen molar-refractivity contribution in [3.8, 4) is 11.5 Å². The molecule has 152 valence electrons. The summed E-state index contributed by atoms with van der Waals surface area (Å²) >= 11 is 0. The zero-order chi connectivity index (χ0) is 20.9. The third-order valence-electron chi connectivity index (χ3n) is 4.30. The van der Waals surface area contributed by atoms with Crippen molar-refractivity contribution in [2.45, 2.75) is 13.5 Å². The average Bonchev–Trinajstić information content (AvgIpc) is 2.67. The van der Waals surface area contributed by atoms with E-state index in [-0.39, 0.29) is 5.91 Å². The Morgan fingerprint density at radius 3 is 2.11 bits per heavy atom. The van der Waals surface area contributed by atoms with Crippen LogP contribution < -0.4 is 13.8 Å². The van der Waals surface area contributed by atoms with E-state index in [2.05, 4.69) is 0 Å². The Balaban J connectivity index is 2.15. The van der Waals surface area contributed by atoms with Crippen LogP contribution in [0.2, 0.25) is 0 Å². The lowest BCUT2D eigenvalue weighted by Crippen LogP contribution is -2.29. The van der Waals surface area contributed by atoms with E-state index in [1.165, 1.54) is 4.31 Å². The van der Waals surface area contributed by atoms with E-state index >= 15 is 0 Å². The van der Waals surface area contributed by atoms with E-state index in [1.54, 1.807) is 63.4 Å². The van der Waals surface area contributed by atoms with E-state index in [1.807, 2.05) is 12.1 Å². The van der Waals surface area contributed by atoms with Gasteiger partial charge in [-0.25, -0.2) is 8.42 Å². The predicted octanol–water partition coefficient (Wildman–Crippen LogP) is 2.76. The first-order chi connectivity index (χ1) is 13.2. The number of ether oxygens (including phenoxy) is 2. The van der Waals surface area contributed by atoms with Crippen LogP contribution in [0.5, 0.6) is 11.5 Å². The second-order valence-electron chi connectivity index (χ2n) is 6.33. The van der Waals surface area contributed by atoms with Gasteiger partial charge < -0.3 is 14.4 Å². The Hall–Kier alpha value is -2.74. The van der Waals surface area contributed by atoms with Crippen molar-refractivity contribution in [2.75, 3.05) is 38.4 Å². The largest absolute Gasteiger partial charge is 0.493 e. The van der Waals surface area contributed by atoms with Crippen molar-refractivity contribution in [1.29, 1.82) is 0 Å². The number of anilines is 1. The summed E-state index contributed by atoms with van der Waals surface area (Å²) in [4.78, 5) is 14.3. The second-order valence-corrected chi connectivity index (χ2v) is 8.23. The molecule has 8 heteroatoms. The Kier molecular flexibility index (Phi) is 6.90. The van der Waals surface area contributed by atoms with Crippen LogP contribution in [0.15, 0.2) is 42.5 Å². The van der Waals surface area contributed by atoms with Gasteiger partial charge in [0.1, 0.15) is 0 Å². The van der Waals surface area contributed by atoms with Crippen molar-refractivity contribution in [2.24, 2.45) is 0 Å². The summed E-state index contributed by atoms with van der Waals surface area (Å²) in [6.45, 7) is 2.48. The predicted molar refractivity (Wildman–Crippen MR) is 110 cm³/mol. The van der Waals surface area contributed by atoms with Crippen LogP contribution in [0, 0.1) is 0 Å². The van der Waals surface area contributed by atoms with Crippen LogP contribution in [-0.4, -0.2) is 53.3 Å². The molecule has 2 aromatic carbocycles. The van der Waals surface area contributed by atoms with Gasteiger partial charge in [-0.1, -0.05) is 6.07 Å². The van der Waals surface area contributed by atoms with Crippen molar-refractivity contribution in [1.82, 2.24) is 4.90 Å². The minimum atomic E-state index is -3.35. The van der Waals surface area contributed by atoms with Crippen LogP contribution in [0.3, 0.4) is 0 Å². The fraction of sp³-hybridized carbons (Fsp3) is 0.350. The van der Waals surface area contributed by atoms with Crippen LogP contribution in [0.1, 0.15) is 22.8 Å². The fourth-order valence-electron chi connectivity index (χ4n) is 2.92. The van der Waals surface area contributed by atoms with Crippen molar-refractivity contribution < 1.29 is 22.7 Å². The summed E-state index contributed by atoms with van der Waals surface area (Å²) < 4.78 is 35.5. The zero-order valence-corrected chi connectivity index (χ0v) is 17.6. The first-order valence-electron chi connectivity index (χ1n) is 8.75. The Bertz CT molecular complexity index is 926. The van der Waals surface area contributed by atoms with Crippen LogP contribution >= 0.6 is 0 Å². The second kappa shape index (κ2) is 8.97. The van der Waals surface area contributed by atoms with Gasteiger partial charge in [0, 0.05) is 25.7 Å². The summed E-state index contributed by atoms with van der Waals surface area (Å²) in [6, 6.07) is 12.1. The number of hydrogen-bond acceptors (Lipinski definition) is 5. The molecule has 0 aliphatic heterocycles. The fourth-order valence-corrected chi connectivity index (χ4v) is 3.90. The number of benzene rings is 2. The van der Waals surface area contributed by atoms with Crippen LogP contribution in [0.25, 0.3) is 0 Å². The number of carbonyl (C=O) groups excluding carboxylic acids is 1. The van der Waals surface area contributed by atoms with E-state index < -0.39 is 10.0 Å². The number of rotatable bonds is 8. The third-order valence-corrected chi connectivity index (χ3v) is 5.57. The van der Waals surface area contributed by atoms with Gasteiger partial charge in [0.15, 0.2) is 11.5 Å². The molecule has 1 amide bonds. The number of sulfonamides is 1. The summed E-state index contributed by atoms with van der Waals surface area (Å²) in [5, 5.41) is 0. The molecule has 2 aromatic rings. The maximum absolute atomic E-state index is 12.7. The lowest BCUT2D eigenvalue weighted by Gasteiger charge is -2.21. The number of carbonyl (C=O) groups is 1. The molecule has 0 unspecified atom stereocenters. The highest BCUT2D eigenvalue weighted by Crippen LogP contribution is 2.28. The van der Waals surface area contributed by atoms with Gasteiger partial charge in [-0.3, -0.25) is 9.10 Å². The van der Waals surface area contributed by atoms with Gasteiger partial charge in [0.05, 0.1) is 26.2 Å². The minimum absolute atomic E-state index is 0.163. The van der Waals surface area contributed by atoms with Crippen molar-refractivity contribution >= 4 is 21.6 Å². The normalized spacial score (nSPS) is 11.0. The molecule has 0 atom stereocenters. The number of nitrogens with zero attached hydrogens (tertiary/aromatic N) is 2. The molecule has 0 aliphatic rings. The Morgan fingerprint density at radius 1 is 1.00 bits per heavy atom. The van der Waals surface area contributed by atoms with Crippen molar-refractivity contribution in [3.63, 3.8) is 0 Å². The minimum Gasteiger partial charge on any atom is -0.493 e. The summed E-state index contributed by atoms with van der Waals surface area (Å²) in [7, 11) is 1.49. The van der Waals surface area contributed by atoms with Gasteiger partial charge in [-0.15, -0.1) is 0 Å². The molecule has 0 aromatic heterocycles. The molecule has 0 fully saturated rings. The third kappa shape index (κ3) is 4.95. The van der Waals surface area contributed by atoms with Crippen molar-refractivity contribution in [3.05, 3.63) is 53.6 Å². The van der Waals surface area contributed by atoms with E-state index in [4.69, 9.17) is 9.47 Å². The molecule has 0 radical (unpaired) electrons. The number of methoxy groups -OCH3 is 2. The molecule has 0 aliphatic carbocycles. The quantitative estimate of drug-likeness (QED) is 0.674. The monoisotopic (exact) mass is 406 g/mol. The highest BCUT2D eigenvalue weighted by atomic mass is 32.2. The Labute approximate surface area is 166 Å². The smallest absolute Gasteiger partial charge is 0.253 e. The van der Waals surface area contributed by atoms with Gasteiger partial charge in [0.2, 0.25) is 10.0 Å². The van der Waals surface area contributed by atoms with E-state index in [0.29, 0.717) is 35.8 Å². The molecule has 0 saturated carbocycles. The van der Waals surface area contributed by atoms with E-state index in [9.17, 15) is 13.2 Å². The first-order valence-corrected chi connectivity index (χ1v) is 10.6.